The molecule has 0 aromatic carbocycles. The quantitative estimate of drug-likeness (QED) is 0.559. The van der Waals surface area contributed by atoms with Gasteiger partial charge < -0.3 is 9.80 Å². The molecule has 0 saturated carbocycles. The summed E-state index contributed by atoms with van der Waals surface area (Å²) in [4.78, 5) is 16.1. The molecule has 0 N–H and O–H groups in total. The molecule has 2 rings (SSSR count). The van der Waals surface area contributed by atoms with Gasteiger partial charge in [-0.15, -0.1) is 0 Å². The summed E-state index contributed by atoms with van der Waals surface area (Å²) in [6, 6.07) is 0.242. The topological polar surface area (TPSA) is 23.6 Å². The Kier molecular flexibility index (Phi) is 3.29. The average Bonchev–Trinajstić information content (AvgIpc) is 2.29. The van der Waals surface area contributed by atoms with Crippen LogP contribution >= 0.6 is 0 Å². The van der Waals surface area contributed by atoms with E-state index in [2.05, 4.69) is 19.1 Å². The normalized spacial score (nSPS) is 26.9. The lowest BCUT2D eigenvalue weighted by molar-refractivity contribution is 0.134. The van der Waals surface area contributed by atoms with Crippen LogP contribution in [0.4, 0.5) is 4.79 Å². The second kappa shape index (κ2) is 4.69. The molecule has 3 heteroatoms. The summed E-state index contributed by atoms with van der Waals surface area (Å²) >= 11 is 0. The molecular formula is C12H20N2O. The first-order chi connectivity index (χ1) is 7.27. The summed E-state index contributed by atoms with van der Waals surface area (Å²) in [5.41, 5.74) is 0. The predicted molar refractivity (Wildman–Crippen MR) is 60.7 cm³/mol. The fraction of sp³-hybridized carbons (Fsp3) is 0.750. The van der Waals surface area contributed by atoms with Crippen LogP contribution in [0.5, 0.6) is 0 Å². The van der Waals surface area contributed by atoms with Crippen molar-refractivity contribution in [2.24, 2.45) is 5.92 Å². The lowest BCUT2D eigenvalue weighted by Gasteiger charge is -2.35. The molecule has 0 aromatic heterocycles. The van der Waals surface area contributed by atoms with E-state index in [1.807, 2.05) is 9.80 Å². The molecule has 2 heterocycles. The van der Waals surface area contributed by atoms with Gasteiger partial charge in [-0.25, -0.2) is 4.79 Å². The number of likely N-dealkylation sites (tertiary alicyclic amines) is 1. The Hall–Kier alpha value is -0.990. The molecule has 1 fully saturated rings. The van der Waals surface area contributed by atoms with E-state index in [0.717, 1.165) is 39.0 Å². The highest BCUT2D eigenvalue weighted by atomic mass is 16.2. The summed E-state index contributed by atoms with van der Waals surface area (Å²) < 4.78 is 0. The molecule has 1 saturated heterocycles. The molecule has 0 spiro atoms. The number of rotatable bonds is 0. The first-order valence-corrected chi connectivity index (χ1v) is 5.96. The van der Waals surface area contributed by atoms with Crippen LogP contribution in [0.15, 0.2) is 12.2 Å². The smallest absolute Gasteiger partial charge is 0.320 e. The molecule has 0 radical (unpaired) electrons. The highest BCUT2D eigenvalue weighted by molar-refractivity contribution is 5.75. The number of amides is 2. The summed E-state index contributed by atoms with van der Waals surface area (Å²) in [6.07, 6.45) is 7.69. The van der Waals surface area contributed by atoms with Crippen molar-refractivity contribution >= 4 is 6.03 Å². The highest BCUT2D eigenvalue weighted by Gasteiger charge is 2.24. The number of carbonyl (C=O) groups is 1. The fourth-order valence-corrected chi connectivity index (χ4v) is 2.38. The molecule has 0 aliphatic carbocycles. The van der Waals surface area contributed by atoms with Crippen LogP contribution in [0.25, 0.3) is 0 Å². The van der Waals surface area contributed by atoms with Crippen molar-refractivity contribution < 1.29 is 4.79 Å². The van der Waals surface area contributed by atoms with E-state index in [1.54, 1.807) is 0 Å². The Morgan fingerprint density at radius 3 is 2.80 bits per heavy atom. The minimum Gasteiger partial charge on any atom is -0.324 e. The van der Waals surface area contributed by atoms with Crippen molar-refractivity contribution in [3.8, 4) is 0 Å². The third-order valence-electron chi connectivity index (χ3n) is 3.26. The van der Waals surface area contributed by atoms with Crippen molar-refractivity contribution in [2.75, 3.05) is 26.2 Å². The lowest BCUT2D eigenvalue weighted by Crippen LogP contribution is -2.48. The van der Waals surface area contributed by atoms with Crippen LogP contribution in [0, 0.1) is 5.92 Å². The third-order valence-corrected chi connectivity index (χ3v) is 3.26. The van der Waals surface area contributed by atoms with Crippen molar-refractivity contribution in [3.05, 3.63) is 12.2 Å². The van der Waals surface area contributed by atoms with Crippen LogP contribution in [0.2, 0.25) is 0 Å². The van der Waals surface area contributed by atoms with Crippen LogP contribution in [-0.2, 0) is 0 Å². The Bertz CT molecular complexity index is 262. The molecule has 0 bridgehead atoms. The van der Waals surface area contributed by atoms with E-state index in [9.17, 15) is 4.79 Å². The Morgan fingerprint density at radius 1 is 1.27 bits per heavy atom. The van der Waals surface area contributed by atoms with Gasteiger partial charge in [0.15, 0.2) is 0 Å². The van der Waals surface area contributed by atoms with Gasteiger partial charge in [0, 0.05) is 26.2 Å². The van der Waals surface area contributed by atoms with Gasteiger partial charge in [-0.3, -0.25) is 0 Å². The van der Waals surface area contributed by atoms with Crippen LogP contribution < -0.4 is 0 Å². The molecule has 15 heavy (non-hydrogen) atoms. The van der Waals surface area contributed by atoms with E-state index < -0.39 is 0 Å². The van der Waals surface area contributed by atoms with E-state index in [-0.39, 0.29) is 6.03 Å². The molecule has 2 amide bonds. The molecule has 1 atom stereocenters. The summed E-state index contributed by atoms with van der Waals surface area (Å²) in [5, 5.41) is 0. The fourth-order valence-electron chi connectivity index (χ4n) is 2.38. The van der Waals surface area contributed by atoms with Crippen LogP contribution in [0.3, 0.4) is 0 Å². The first kappa shape index (κ1) is 10.5. The third kappa shape index (κ3) is 2.52. The van der Waals surface area contributed by atoms with Crippen molar-refractivity contribution in [1.29, 1.82) is 0 Å². The van der Waals surface area contributed by atoms with E-state index in [0.29, 0.717) is 5.92 Å². The van der Waals surface area contributed by atoms with E-state index in [1.165, 1.54) is 6.42 Å². The Morgan fingerprint density at radius 2 is 2.13 bits per heavy atom. The molecule has 84 valence electrons. The minimum absolute atomic E-state index is 0.242. The maximum absolute atomic E-state index is 12.1. The largest absolute Gasteiger partial charge is 0.324 e. The Balaban J connectivity index is 1.91. The van der Waals surface area contributed by atoms with E-state index in [4.69, 9.17) is 0 Å². The molecule has 2 aliphatic heterocycles. The predicted octanol–water partition coefficient (Wildman–Crippen LogP) is 2.10. The van der Waals surface area contributed by atoms with Crippen molar-refractivity contribution in [3.63, 3.8) is 0 Å². The highest BCUT2D eigenvalue weighted by Crippen LogP contribution is 2.17. The van der Waals surface area contributed by atoms with Crippen LogP contribution in [0.1, 0.15) is 26.2 Å². The molecule has 3 nitrogen and oxygen atoms in total. The summed E-state index contributed by atoms with van der Waals surface area (Å²) in [7, 11) is 0. The van der Waals surface area contributed by atoms with Gasteiger partial charge in [0.2, 0.25) is 0 Å². The maximum Gasteiger partial charge on any atom is 0.320 e. The lowest BCUT2D eigenvalue weighted by atomic mass is 10.0. The SMILES string of the molecule is CC1CCCN(C(=O)N2CC=CCC2)C1. The second-order valence-electron chi connectivity index (χ2n) is 4.68. The molecule has 1 unspecified atom stereocenters. The standard InChI is InChI=1S/C12H20N2O/c1-11-6-5-9-14(10-11)12(15)13-7-3-2-4-8-13/h2-3,11H,4-10H2,1H3. The van der Waals surface area contributed by atoms with Gasteiger partial charge in [-0.2, -0.15) is 0 Å². The van der Waals surface area contributed by atoms with E-state index >= 15 is 0 Å². The number of piperidine rings is 1. The van der Waals surface area contributed by atoms with Crippen molar-refractivity contribution in [2.45, 2.75) is 26.2 Å². The summed E-state index contributed by atoms with van der Waals surface area (Å²) in [6.45, 7) is 5.81. The number of hydrogen-bond donors (Lipinski definition) is 0. The Labute approximate surface area is 91.7 Å². The minimum atomic E-state index is 0.242. The van der Waals surface area contributed by atoms with Gasteiger partial charge in [0.1, 0.15) is 0 Å². The van der Waals surface area contributed by atoms with Crippen LogP contribution in [-0.4, -0.2) is 42.0 Å². The molecular weight excluding hydrogens is 188 g/mol. The second-order valence-corrected chi connectivity index (χ2v) is 4.68. The van der Waals surface area contributed by atoms with Gasteiger partial charge in [-0.05, 0) is 25.2 Å². The van der Waals surface area contributed by atoms with Gasteiger partial charge >= 0.3 is 6.03 Å². The zero-order chi connectivity index (χ0) is 10.7. The van der Waals surface area contributed by atoms with Gasteiger partial charge in [-0.1, -0.05) is 19.1 Å². The van der Waals surface area contributed by atoms with Crippen molar-refractivity contribution in [1.82, 2.24) is 9.80 Å². The number of carbonyl (C=O) groups excluding carboxylic acids is 1. The zero-order valence-corrected chi connectivity index (χ0v) is 9.48. The molecule has 0 aromatic rings. The first-order valence-electron chi connectivity index (χ1n) is 5.96. The van der Waals surface area contributed by atoms with Gasteiger partial charge in [0.25, 0.3) is 0 Å². The van der Waals surface area contributed by atoms with Gasteiger partial charge in [0.05, 0.1) is 0 Å². The maximum atomic E-state index is 12.1. The average molecular weight is 208 g/mol. The zero-order valence-electron chi connectivity index (χ0n) is 9.48. The molecule has 2 aliphatic rings. The number of nitrogens with zero attached hydrogens (tertiary/aromatic N) is 2. The number of urea groups is 1. The summed E-state index contributed by atoms with van der Waals surface area (Å²) in [5.74, 6) is 0.669. The number of hydrogen-bond acceptors (Lipinski definition) is 1. The monoisotopic (exact) mass is 208 g/mol.